The van der Waals surface area contributed by atoms with E-state index in [4.69, 9.17) is 28.9 Å². The number of hydrogen-bond donors (Lipinski definition) is 1. The van der Waals surface area contributed by atoms with Gasteiger partial charge in [0.05, 0.1) is 34.3 Å². The number of aliphatic hydroxyl groups is 1. The Morgan fingerprint density at radius 2 is 1.92 bits per heavy atom. The first kappa shape index (κ1) is 16.6. The molecule has 7 heteroatoms. The smallest absolute Gasteiger partial charge is 0.289 e. The maximum Gasteiger partial charge on any atom is 0.289 e. The van der Waals surface area contributed by atoms with Gasteiger partial charge in [-0.2, -0.15) is 5.10 Å². The highest BCUT2D eigenvalue weighted by atomic mass is 35.5. The van der Waals surface area contributed by atoms with E-state index in [1.54, 1.807) is 24.3 Å². The Hall–Kier alpha value is -1.89. The van der Waals surface area contributed by atoms with Crippen molar-refractivity contribution in [2.24, 2.45) is 0 Å². The fourth-order valence-corrected chi connectivity index (χ4v) is 2.19. The van der Waals surface area contributed by atoms with Crippen molar-refractivity contribution >= 4 is 11.6 Å². The largest absolute Gasteiger partial charge is 0.485 e. The first-order valence-corrected chi connectivity index (χ1v) is 8.19. The van der Waals surface area contributed by atoms with Crippen LogP contribution in [0.4, 0.5) is 0 Å². The number of halogens is 1. The summed E-state index contributed by atoms with van der Waals surface area (Å²) in [5.41, 5.74) is 0.165. The van der Waals surface area contributed by atoms with Crippen LogP contribution in [0.15, 0.2) is 35.3 Å². The molecule has 1 N–H and O–H groups in total. The van der Waals surface area contributed by atoms with Crippen LogP contribution in [0.2, 0.25) is 5.02 Å². The van der Waals surface area contributed by atoms with Crippen LogP contribution >= 0.6 is 11.6 Å². The fraction of sp³-hybridized carbons (Fsp3) is 0.444. The molecule has 0 bridgehead atoms. The molecule has 0 atom stereocenters. The molecule has 0 radical (unpaired) electrons. The summed E-state index contributed by atoms with van der Waals surface area (Å²) in [7, 11) is 0. The molecule has 25 heavy (non-hydrogen) atoms. The molecule has 0 aliphatic heterocycles. The van der Waals surface area contributed by atoms with E-state index >= 15 is 0 Å². The van der Waals surface area contributed by atoms with Crippen LogP contribution in [0.3, 0.4) is 0 Å². The number of ether oxygens (including phenoxy) is 2. The standard InChI is InChI=1S/C18H23ClN2O4/c1-18(2,3)21-17(23)16(19)15(10-20-21)25-12-14-6-4-13(5-7-14)11-24-9-8-22/h4-7,10,22H,8-9,11-12H2,1-3H3/i11D2. The van der Waals surface area contributed by atoms with Gasteiger partial charge in [0, 0.05) is 0 Å². The summed E-state index contributed by atoms with van der Waals surface area (Å²) in [4.78, 5) is 12.3. The van der Waals surface area contributed by atoms with Crippen molar-refractivity contribution in [3.05, 3.63) is 57.0 Å². The van der Waals surface area contributed by atoms with Gasteiger partial charge < -0.3 is 14.6 Å². The van der Waals surface area contributed by atoms with Gasteiger partial charge >= 0.3 is 0 Å². The molecule has 6 nitrogen and oxygen atoms in total. The van der Waals surface area contributed by atoms with Gasteiger partial charge in [-0.3, -0.25) is 4.79 Å². The Labute approximate surface area is 154 Å². The van der Waals surface area contributed by atoms with Gasteiger partial charge in [-0.05, 0) is 31.9 Å². The highest BCUT2D eigenvalue weighted by Gasteiger charge is 2.19. The minimum Gasteiger partial charge on any atom is -0.485 e. The van der Waals surface area contributed by atoms with Crippen LogP contribution in [-0.4, -0.2) is 28.1 Å². The zero-order valence-corrected chi connectivity index (χ0v) is 15.2. The highest BCUT2D eigenvalue weighted by Crippen LogP contribution is 2.21. The van der Waals surface area contributed by atoms with Crippen LogP contribution in [0, 0.1) is 0 Å². The van der Waals surface area contributed by atoms with Crippen LogP contribution < -0.4 is 10.3 Å². The summed E-state index contributed by atoms with van der Waals surface area (Å²) >= 11 is 6.12. The third kappa shape index (κ3) is 5.29. The number of aliphatic hydroxyl groups excluding tert-OH is 1. The second-order valence-electron chi connectivity index (χ2n) is 6.37. The van der Waals surface area contributed by atoms with E-state index in [1.165, 1.54) is 10.9 Å². The Bertz CT molecular complexity index is 833. The predicted molar refractivity (Wildman–Crippen MR) is 96.0 cm³/mol. The van der Waals surface area contributed by atoms with E-state index in [0.717, 1.165) is 5.56 Å². The highest BCUT2D eigenvalue weighted by molar-refractivity contribution is 6.31. The van der Waals surface area contributed by atoms with E-state index in [0.29, 0.717) is 5.56 Å². The molecule has 1 aromatic carbocycles. The maximum absolute atomic E-state index is 12.3. The lowest BCUT2D eigenvalue weighted by atomic mass is 10.1. The van der Waals surface area contributed by atoms with E-state index < -0.39 is 17.7 Å². The molecular weight excluding hydrogens is 344 g/mol. The topological polar surface area (TPSA) is 73.6 Å². The molecule has 1 heterocycles. The van der Waals surface area contributed by atoms with Crippen molar-refractivity contribution in [2.75, 3.05) is 13.2 Å². The first-order valence-electron chi connectivity index (χ1n) is 8.81. The quantitative estimate of drug-likeness (QED) is 0.813. The van der Waals surface area contributed by atoms with Crippen LogP contribution in [0.25, 0.3) is 0 Å². The number of benzene rings is 1. The summed E-state index contributed by atoms with van der Waals surface area (Å²) in [6.07, 6.45) is 1.41. The summed E-state index contributed by atoms with van der Waals surface area (Å²) < 4.78 is 27.6. The minimum atomic E-state index is -1.99. The van der Waals surface area contributed by atoms with Gasteiger partial charge in [0.1, 0.15) is 6.61 Å². The van der Waals surface area contributed by atoms with E-state index in [9.17, 15) is 4.79 Å². The van der Waals surface area contributed by atoms with Gasteiger partial charge in [-0.15, -0.1) is 0 Å². The van der Waals surface area contributed by atoms with Crippen LogP contribution in [-0.2, 0) is 23.4 Å². The molecule has 1 aromatic heterocycles. The Balaban J connectivity index is 2.09. The molecule has 0 unspecified atom stereocenters. The van der Waals surface area contributed by atoms with Gasteiger partial charge in [-0.25, -0.2) is 4.68 Å². The third-order valence-electron chi connectivity index (χ3n) is 3.25. The third-order valence-corrected chi connectivity index (χ3v) is 3.60. The molecule has 0 spiro atoms. The lowest BCUT2D eigenvalue weighted by Crippen LogP contribution is -2.36. The molecular formula is C18H23ClN2O4. The average molecular weight is 369 g/mol. The second-order valence-corrected chi connectivity index (χ2v) is 6.75. The summed E-state index contributed by atoms with van der Waals surface area (Å²) in [5.74, 6) is 0.188. The number of rotatable bonds is 7. The molecule has 2 rings (SSSR count). The predicted octanol–water partition coefficient (Wildman–Crippen LogP) is 2.74. The van der Waals surface area contributed by atoms with Gasteiger partial charge in [-0.1, -0.05) is 35.9 Å². The molecule has 2 aromatic rings. The van der Waals surface area contributed by atoms with Gasteiger partial charge in [0.15, 0.2) is 10.8 Å². The second kappa shape index (κ2) is 8.47. The van der Waals surface area contributed by atoms with Crippen molar-refractivity contribution in [3.8, 4) is 5.75 Å². The normalized spacial score (nSPS) is 13.3. The minimum absolute atomic E-state index is 0.0368. The van der Waals surface area contributed by atoms with Crippen LogP contribution in [0.5, 0.6) is 5.75 Å². The zero-order chi connectivity index (χ0) is 20.2. The van der Waals surface area contributed by atoms with E-state index in [1.807, 2.05) is 20.8 Å². The molecule has 0 saturated carbocycles. The molecule has 0 fully saturated rings. The average Bonchev–Trinajstić information content (AvgIpc) is 2.60. The Morgan fingerprint density at radius 3 is 2.52 bits per heavy atom. The van der Waals surface area contributed by atoms with Crippen LogP contribution in [0.1, 0.15) is 34.6 Å². The lowest BCUT2D eigenvalue weighted by molar-refractivity contribution is 0.0815. The lowest BCUT2D eigenvalue weighted by Gasteiger charge is -2.21. The van der Waals surface area contributed by atoms with E-state index in [2.05, 4.69) is 5.10 Å². The summed E-state index contributed by atoms with van der Waals surface area (Å²) in [6.45, 7) is 3.35. The number of hydrogen-bond acceptors (Lipinski definition) is 5. The fourth-order valence-electron chi connectivity index (χ4n) is 2.01. The van der Waals surface area contributed by atoms with E-state index in [-0.39, 0.29) is 30.6 Å². The van der Waals surface area contributed by atoms with Crippen molar-refractivity contribution in [2.45, 2.75) is 39.5 Å². The van der Waals surface area contributed by atoms with Crippen molar-refractivity contribution in [3.63, 3.8) is 0 Å². The van der Waals surface area contributed by atoms with Gasteiger partial charge in [0.2, 0.25) is 0 Å². The Kier molecular flexibility index (Phi) is 5.61. The molecule has 136 valence electrons. The zero-order valence-electron chi connectivity index (χ0n) is 16.5. The monoisotopic (exact) mass is 368 g/mol. The molecule has 0 amide bonds. The molecule has 0 aliphatic rings. The van der Waals surface area contributed by atoms with Crippen molar-refractivity contribution < 1.29 is 17.3 Å². The maximum atomic E-state index is 12.3. The first-order chi connectivity index (χ1) is 12.6. The SMILES string of the molecule is [2H]C([2H])(OCCO)c1ccc(COc2cnn(C(C)(C)C)c(=O)c2Cl)cc1. The number of nitrogens with zero attached hydrogens (tertiary/aromatic N) is 2. The Morgan fingerprint density at radius 1 is 1.28 bits per heavy atom. The summed E-state index contributed by atoms with van der Waals surface area (Å²) in [5, 5.41) is 12.8. The van der Waals surface area contributed by atoms with Gasteiger partial charge in [0.25, 0.3) is 5.56 Å². The molecule has 0 aliphatic carbocycles. The number of aromatic nitrogens is 2. The van der Waals surface area contributed by atoms with Crippen molar-refractivity contribution in [1.29, 1.82) is 0 Å². The summed E-state index contributed by atoms with van der Waals surface area (Å²) in [6, 6.07) is 6.53. The molecule has 0 saturated heterocycles. The van der Waals surface area contributed by atoms with Crippen molar-refractivity contribution in [1.82, 2.24) is 9.78 Å².